The number of benzene rings is 1. The molecule has 1 aliphatic heterocycles. The third kappa shape index (κ3) is 4.15. The van der Waals surface area contributed by atoms with Gasteiger partial charge < -0.3 is 16.0 Å². The molecule has 10 heteroatoms. The van der Waals surface area contributed by atoms with Gasteiger partial charge in [0.05, 0.1) is 11.9 Å². The lowest BCUT2D eigenvalue weighted by molar-refractivity contribution is -0.139. The van der Waals surface area contributed by atoms with Crippen molar-refractivity contribution in [2.75, 3.05) is 13.1 Å². The summed E-state index contributed by atoms with van der Waals surface area (Å²) in [5.74, 6) is 0.167. The van der Waals surface area contributed by atoms with E-state index in [9.17, 15) is 14.4 Å². The van der Waals surface area contributed by atoms with Crippen LogP contribution >= 0.6 is 0 Å². The zero-order valence-corrected chi connectivity index (χ0v) is 20.8. The summed E-state index contributed by atoms with van der Waals surface area (Å²) in [5.41, 5.74) is 8.68. The molecular weight excluding hydrogens is 458 g/mol. The Morgan fingerprint density at radius 1 is 1.22 bits per heavy atom. The number of nitrogens with two attached hydrogens (primary N) is 1. The number of aromatic amines is 1. The predicted octanol–water partition coefficient (Wildman–Crippen LogP) is 1.92. The maximum absolute atomic E-state index is 13.9. The fourth-order valence-corrected chi connectivity index (χ4v) is 5.46. The summed E-state index contributed by atoms with van der Waals surface area (Å²) in [6, 6.07) is 3.27. The number of nitrogens with one attached hydrogen (secondary N) is 2. The van der Waals surface area contributed by atoms with E-state index in [-0.39, 0.29) is 41.2 Å². The summed E-state index contributed by atoms with van der Waals surface area (Å²) in [4.78, 5) is 49.7. The normalized spacial score (nSPS) is 22.5. The number of hydrogen-bond acceptors (Lipinski definition) is 7. The zero-order valence-electron chi connectivity index (χ0n) is 20.8. The zero-order chi connectivity index (χ0) is 25.6. The quantitative estimate of drug-likeness (QED) is 0.323. The largest absolute Gasteiger partial charge is 0.354 e. The minimum Gasteiger partial charge on any atom is -0.354 e. The Morgan fingerprint density at radius 2 is 1.97 bits per heavy atom. The second kappa shape index (κ2) is 9.09. The van der Waals surface area contributed by atoms with Crippen LogP contribution in [0.25, 0.3) is 22.0 Å². The van der Waals surface area contributed by atoms with E-state index in [1.807, 2.05) is 12.1 Å². The number of aryl methyl sites for hydroxylation is 1. The van der Waals surface area contributed by atoms with Crippen molar-refractivity contribution in [1.82, 2.24) is 30.4 Å². The minimum absolute atomic E-state index is 0.0273. The highest BCUT2D eigenvalue weighted by Crippen LogP contribution is 2.59. The van der Waals surface area contributed by atoms with E-state index in [2.05, 4.69) is 32.4 Å². The number of aromatic nitrogens is 4. The van der Waals surface area contributed by atoms with Crippen LogP contribution < -0.4 is 11.1 Å². The molecule has 3 heterocycles. The first kappa shape index (κ1) is 24.1. The van der Waals surface area contributed by atoms with Crippen molar-refractivity contribution in [3.8, 4) is 11.1 Å². The summed E-state index contributed by atoms with van der Waals surface area (Å²) in [6.07, 6.45) is 5.67. The van der Waals surface area contributed by atoms with Crippen LogP contribution in [0.15, 0.2) is 24.5 Å². The van der Waals surface area contributed by atoms with Gasteiger partial charge in [-0.1, -0.05) is 13.0 Å². The van der Waals surface area contributed by atoms with Gasteiger partial charge in [-0.15, -0.1) is 0 Å². The monoisotopic (exact) mass is 489 g/mol. The second-order valence-corrected chi connectivity index (χ2v) is 10.2. The van der Waals surface area contributed by atoms with Crippen LogP contribution in [0.4, 0.5) is 0 Å². The van der Waals surface area contributed by atoms with Crippen molar-refractivity contribution in [1.29, 1.82) is 0 Å². The maximum Gasteiger partial charge on any atom is 0.242 e. The van der Waals surface area contributed by atoms with Crippen LogP contribution in [0.3, 0.4) is 0 Å². The topological polar surface area (TPSA) is 147 Å². The van der Waals surface area contributed by atoms with Crippen molar-refractivity contribution < 1.29 is 14.4 Å². The molecule has 2 aromatic heterocycles. The highest BCUT2D eigenvalue weighted by Gasteiger charge is 2.64. The van der Waals surface area contributed by atoms with Crippen molar-refractivity contribution in [3.05, 3.63) is 41.6 Å². The number of nitrogens with zero attached hydrogens (tertiary/aromatic N) is 4. The van der Waals surface area contributed by atoms with Crippen LogP contribution in [0.5, 0.6) is 0 Å². The molecule has 0 bridgehead atoms. The number of hydrogen-bond donors (Lipinski definition) is 3. The molecule has 1 saturated heterocycles. The molecule has 0 spiro atoms. The number of piperidine rings is 1. The fourth-order valence-electron chi connectivity index (χ4n) is 5.46. The number of ketones is 1. The van der Waals surface area contributed by atoms with Gasteiger partial charge in [-0.05, 0) is 55.3 Å². The van der Waals surface area contributed by atoms with Gasteiger partial charge in [0.1, 0.15) is 17.6 Å². The van der Waals surface area contributed by atoms with E-state index in [0.29, 0.717) is 48.2 Å². The van der Waals surface area contributed by atoms with E-state index in [0.717, 1.165) is 17.5 Å². The highest BCUT2D eigenvalue weighted by molar-refractivity contribution is 6.08. The van der Waals surface area contributed by atoms with Gasteiger partial charge in [-0.2, -0.15) is 5.10 Å². The molecule has 1 aliphatic carbocycles. The molecule has 36 heavy (non-hydrogen) atoms. The smallest absolute Gasteiger partial charge is 0.242 e. The lowest BCUT2D eigenvalue weighted by Gasteiger charge is -2.27. The van der Waals surface area contributed by atoms with Crippen LogP contribution in [0.1, 0.15) is 55.0 Å². The average Bonchev–Trinajstić information content (AvgIpc) is 3.17. The number of Topliss-reactive ketones (excluding diaryl/α,β-unsaturated/α-hetero) is 1. The molecule has 3 aromatic rings. The number of carbonyl (C=O) groups excluding carboxylic acids is 3. The van der Waals surface area contributed by atoms with Gasteiger partial charge in [0.2, 0.25) is 11.8 Å². The number of likely N-dealkylation sites (tertiary alicyclic amines) is 1. The lowest BCUT2D eigenvalue weighted by Crippen LogP contribution is -2.48. The van der Waals surface area contributed by atoms with Crippen LogP contribution in [-0.4, -0.2) is 67.8 Å². The molecule has 1 aromatic carbocycles. The SMILES string of the molecule is CC(=O)c1n[nH]c2ccc(-c3cnc(C)nc3)c(CC(=O)N3[C@H](C(=O)NCCCN)C[C@@]4(C)C[C@@H]34)c12. The molecule has 3 atom stereocenters. The number of fused-ring (bicyclic) bond motifs is 2. The maximum atomic E-state index is 13.9. The third-order valence-corrected chi connectivity index (χ3v) is 7.50. The van der Waals surface area contributed by atoms with Crippen molar-refractivity contribution in [2.45, 2.75) is 58.5 Å². The van der Waals surface area contributed by atoms with Gasteiger partial charge in [-0.25, -0.2) is 9.97 Å². The Morgan fingerprint density at radius 3 is 2.67 bits per heavy atom. The first-order valence-corrected chi connectivity index (χ1v) is 12.3. The molecule has 2 fully saturated rings. The van der Waals surface area contributed by atoms with Crippen LogP contribution in [0, 0.1) is 12.3 Å². The lowest BCUT2D eigenvalue weighted by atomic mass is 9.93. The Hall–Kier alpha value is -3.66. The first-order valence-electron chi connectivity index (χ1n) is 12.3. The van der Waals surface area contributed by atoms with Gasteiger partial charge in [0.15, 0.2) is 5.78 Å². The van der Waals surface area contributed by atoms with Gasteiger partial charge in [0.25, 0.3) is 0 Å². The molecule has 188 valence electrons. The number of H-pyrrole nitrogens is 1. The molecule has 4 N–H and O–H groups in total. The summed E-state index contributed by atoms with van der Waals surface area (Å²) in [7, 11) is 0. The van der Waals surface area contributed by atoms with E-state index in [1.165, 1.54) is 6.92 Å². The molecule has 5 rings (SSSR count). The van der Waals surface area contributed by atoms with E-state index >= 15 is 0 Å². The summed E-state index contributed by atoms with van der Waals surface area (Å²) < 4.78 is 0. The standard InChI is InChI=1S/C26H31N7O3/c1-14(34)24-23-18(17(5-6-19(23)31-32-24)16-12-29-15(2)30-13-16)9-22(35)33-20(10-26(3)11-21(26)33)25(36)28-8-4-7-27/h5-6,12-13,20-21H,4,7-11,27H2,1-3H3,(H,28,36)(H,31,32)/t20-,21+,26-/m0/s1. The Balaban J connectivity index is 1.53. The second-order valence-electron chi connectivity index (χ2n) is 10.2. The summed E-state index contributed by atoms with van der Waals surface area (Å²) in [5, 5.41) is 10.7. The Bertz CT molecular complexity index is 1350. The van der Waals surface area contributed by atoms with Crippen LogP contribution in [-0.2, 0) is 16.0 Å². The molecule has 2 aliphatic rings. The Kier molecular flexibility index (Phi) is 6.07. The Labute approximate surface area is 209 Å². The van der Waals surface area contributed by atoms with Gasteiger partial charge in [-0.3, -0.25) is 19.5 Å². The summed E-state index contributed by atoms with van der Waals surface area (Å²) in [6.45, 7) is 6.38. The van der Waals surface area contributed by atoms with Crippen LogP contribution in [0.2, 0.25) is 0 Å². The summed E-state index contributed by atoms with van der Waals surface area (Å²) >= 11 is 0. The van der Waals surface area contributed by atoms with Gasteiger partial charge >= 0.3 is 0 Å². The highest BCUT2D eigenvalue weighted by atomic mass is 16.2. The first-order chi connectivity index (χ1) is 17.2. The molecule has 10 nitrogen and oxygen atoms in total. The third-order valence-electron chi connectivity index (χ3n) is 7.50. The average molecular weight is 490 g/mol. The van der Waals surface area contributed by atoms with Crippen molar-refractivity contribution in [3.63, 3.8) is 0 Å². The molecule has 0 unspecified atom stereocenters. The minimum atomic E-state index is -0.513. The van der Waals surface area contributed by atoms with Gasteiger partial charge in [0, 0.05) is 42.9 Å². The number of carbonyl (C=O) groups is 3. The van der Waals surface area contributed by atoms with E-state index < -0.39 is 6.04 Å². The molecule has 1 saturated carbocycles. The molecule has 0 radical (unpaired) electrons. The molecule has 2 amide bonds. The fraction of sp³-hybridized carbons (Fsp3) is 0.462. The molecular formula is C26H31N7O3. The number of amides is 2. The number of rotatable bonds is 8. The van der Waals surface area contributed by atoms with E-state index in [4.69, 9.17) is 5.73 Å². The van der Waals surface area contributed by atoms with Crippen molar-refractivity contribution >= 4 is 28.5 Å². The predicted molar refractivity (Wildman–Crippen MR) is 134 cm³/mol. The van der Waals surface area contributed by atoms with E-state index in [1.54, 1.807) is 24.2 Å². The van der Waals surface area contributed by atoms with Crippen molar-refractivity contribution in [2.24, 2.45) is 11.1 Å².